The van der Waals surface area contributed by atoms with Crippen LogP contribution in [0.25, 0.3) is 10.9 Å². The number of aromatic nitrogens is 3. The van der Waals surface area contributed by atoms with E-state index in [2.05, 4.69) is 38.7 Å². The van der Waals surface area contributed by atoms with Crippen LogP contribution in [0.4, 0.5) is 8.78 Å². The molecule has 1 fully saturated rings. The molecule has 1 aliphatic heterocycles. The average Bonchev–Trinajstić information content (AvgIpc) is 2.87. The monoisotopic (exact) mass is 537 g/mol. The molecular weight excluding hydrogens is 513 g/mol. The molecule has 1 saturated heterocycles. The van der Waals surface area contributed by atoms with Crippen molar-refractivity contribution >= 4 is 35.4 Å². The number of nitrogens with one attached hydrogen (secondary N) is 2. The molecule has 2 N–H and O–H groups in total. The predicted molar refractivity (Wildman–Crippen MR) is 132 cm³/mol. The third kappa shape index (κ3) is 5.14. The first-order chi connectivity index (χ1) is 17.0. The number of H-pyrrole nitrogens is 1. The molecule has 0 atom stereocenters. The first kappa shape index (κ1) is 23.6. The van der Waals surface area contributed by atoms with Crippen LogP contribution in [0.2, 0.25) is 0 Å². The molecule has 35 heavy (non-hydrogen) atoms. The summed E-state index contributed by atoms with van der Waals surface area (Å²) >= 11 is -0.663. The molecule has 2 aromatic carbocycles. The fourth-order valence-corrected chi connectivity index (χ4v) is 7.07. The van der Waals surface area contributed by atoms with Gasteiger partial charge in [0.15, 0.2) is 0 Å². The number of piperidine rings is 1. The van der Waals surface area contributed by atoms with Gasteiger partial charge >= 0.3 is 208 Å². The van der Waals surface area contributed by atoms with Crippen LogP contribution in [0.15, 0.2) is 53.5 Å². The number of aromatic amines is 1. The molecule has 0 aliphatic carbocycles. The molecule has 0 bridgehead atoms. The Morgan fingerprint density at radius 2 is 1.91 bits per heavy atom. The molecule has 4 aromatic rings. The Balaban J connectivity index is 1.54. The van der Waals surface area contributed by atoms with Crippen molar-refractivity contribution in [3.05, 3.63) is 87.5 Å². The number of hydrogen-bond acceptors (Lipinski definition) is 5. The van der Waals surface area contributed by atoms with E-state index in [1.807, 2.05) is 6.07 Å². The van der Waals surface area contributed by atoms with Crippen LogP contribution in [0.3, 0.4) is 0 Å². The van der Waals surface area contributed by atoms with Crippen molar-refractivity contribution in [2.75, 3.05) is 20.2 Å². The summed E-state index contributed by atoms with van der Waals surface area (Å²) < 4.78 is 35.6. The van der Waals surface area contributed by atoms with Gasteiger partial charge in [0.1, 0.15) is 0 Å². The predicted octanol–water partition coefficient (Wildman–Crippen LogP) is 2.32. The second-order valence-corrected chi connectivity index (χ2v) is 11.1. The van der Waals surface area contributed by atoms with E-state index in [1.54, 1.807) is 7.11 Å². The second-order valence-electron chi connectivity index (χ2n) is 8.57. The summed E-state index contributed by atoms with van der Waals surface area (Å²) in [4.78, 5) is 17.2. The Morgan fingerprint density at radius 3 is 2.71 bits per heavy atom. The summed E-state index contributed by atoms with van der Waals surface area (Å²) in [5.41, 5.74) is 2.12. The van der Waals surface area contributed by atoms with Gasteiger partial charge in [-0.3, -0.25) is 0 Å². The maximum absolute atomic E-state index is 14.3. The zero-order valence-corrected chi connectivity index (χ0v) is 21.0. The van der Waals surface area contributed by atoms with Crippen molar-refractivity contribution in [3.63, 3.8) is 0 Å². The van der Waals surface area contributed by atoms with E-state index in [9.17, 15) is 13.6 Å². The van der Waals surface area contributed by atoms with Gasteiger partial charge in [-0.2, -0.15) is 0 Å². The summed E-state index contributed by atoms with van der Waals surface area (Å²) in [6.45, 7) is 2.02. The number of methoxy groups -OCH3 is 1. The van der Waals surface area contributed by atoms with Crippen molar-refractivity contribution in [2.45, 2.75) is 25.2 Å². The van der Waals surface area contributed by atoms with Gasteiger partial charge in [0.2, 0.25) is 0 Å². The number of nitrogens with zero attached hydrogens (tertiary/aromatic N) is 2. The Hall–Kier alpha value is -3.09. The first-order valence-electron chi connectivity index (χ1n) is 11.4. The summed E-state index contributed by atoms with van der Waals surface area (Å²) in [7, 11) is 1.66. The molecular formula is C26H24AsF2N4O2. The topological polar surface area (TPSA) is 79.9 Å². The molecule has 1 radical (unpaired) electrons. The molecule has 0 unspecified atom stereocenters. The summed E-state index contributed by atoms with van der Waals surface area (Å²) in [5.74, 6) is 0.292. The average molecular weight is 537 g/mol. The minimum atomic E-state index is -0.663. The van der Waals surface area contributed by atoms with Crippen LogP contribution < -0.4 is 24.3 Å². The fourth-order valence-electron chi connectivity index (χ4n) is 4.52. The quantitative estimate of drug-likeness (QED) is 0.370. The molecule has 0 spiro atoms. The number of benzene rings is 2. The Labute approximate surface area is 207 Å². The van der Waals surface area contributed by atoms with E-state index >= 15 is 0 Å². The van der Waals surface area contributed by atoms with Gasteiger partial charge in [0.05, 0.1) is 0 Å². The zero-order valence-electron chi connectivity index (χ0n) is 19.1. The molecule has 1 aliphatic rings. The van der Waals surface area contributed by atoms with Crippen LogP contribution in [0, 0.1) is 11.6 Å². The molecule has 5 rings (SSSR count). The third-order valence-corrected chi connectivity index (χ3v) is 8.82. The fraction of sp³-hybridized carbons (Fsp3) is 0.269. The van der Waals surface area contributed by atoms with E-state index in [0.29, 0.717) is 22.5 Å². The molecule has 0 saturated carbocycles. The van der Waals surface area contributed by atoms with E-state index in [-0.39, 0.29) is 17.5 Å². The van der Waals surface area contributed by atoms with Gasteiger partial charge in [-0.1, -0.05) is 0 Å². The van der Waals surface area contributed by atoms with Gasteiger partial charge in [-0.25, -0.2) is 0 Å². The number of hydrogen-bond donors (Lipinski definition) is 2. The Kier molecular flexibility index (Phi) is 6.93. The molecule has 3 heterocycles. The number of halogens is 2. The molecule has 179 valence electrons. The van der Waals surface area contributed by atoms with Crippen molar-refractivity contribution < 1.29 is 13.5 Å². The van der Waals surface area contributed by atoms with Crippen molar-refractivity contribution in [3.8, 4) is 5.75 Å². The maximum atomic E-state index is 14.3. The zero-order chi connectivity index (χ0) is 24.4. The van der Waals surface area contributed by atoms with Gasteiger partial charge in [-0.05, 0) is 0 Å². The van der Waals surface area contributed by atoms with Crippen LogP contribution in [0.5, 0.6) is 5.75 Å². The van der Waals surface area contributed by atoms with Gasteiger partial charge in [-0.15, -0.1) is 0 Å². The van der Waals surface area contributed by atoms with Crippen LogP contribution in [-0.2, 0) is 6.42 Å². The second kappa shape index (κ2) is 10.3. The molecule has 0 amide bonds. The van der Waals surface area contributed by atoms with E-state index in [4.69, 9.17) is 4.74 Å². The van der Waals surface area contributed by atoms with Crippen molar-refractivity contribution in [1.29, 1.82) is 0 Å². The van der Waals surface area contributed by atoms with Crippen LogP contribution >= 0.6 is 0 Å². The van der Waals surface area contributed by atoms with E-state index in [1.165, 1.54) is 17.8 Å². The standard InChI is InChI=1S/C26H24AsF2N4O2/c1-35-24-12-16(15-6-8-30-9-7-15)2-4-20(24)27-21-13-19(11-17-10-18(28)3-5-22(17)29)32-23-14-31-33-26(34)25(21)23/h2-5,10,12-15,30H,6-9,11H2,1H3,(H,33,34). The summed E-state index contributed by atoms with van der Waals surface area (Å²) in [6.07, 6.45) is 3.78. The Morgan fingerprint density at radius 1 is 1.09 bits per heavy atom. The number of pyridine rings is 1. The molecule has 2 aromatic heterocycles. The van der Waals surface area contributed by atoms with E-state index < -0.39 is 27.4 Å². The third-order valence-electron chi connectivity index (χ3n) is 6.29. The van der Waals surface area contributed by atoms with Crippen LogP contribution in [0.1, 0.15) is 35.6 Å². The summed E-state index contributed by atoms with van der Waals surface area (Å²) in [6, 6.07) is 11.5. The van der Waals surface area contributed by atoms with Crippen molar-refractivity contribution in [2.24, 2.45) is 0 Å². The number of fused-ring (bicyclic) bond motifs is 1. The van der Waals surface area contributed by atoms with Crippen LogP contribution in [-0.4, -0.2) is 51.1 Å². The molecule has 9 heteroatoms. The van der Waals surface area contributed by atoms with Gasteiger partial charge < -0.3 is 0 Å². The van der Waals surface area contributed by atoms with Crippen molar-refractivity contribution in [1.82, 2.24) is 20.5 Å². The SMILES string of the molecule is COc1cc(C2CCNCC2)ccc1[As]c1cc(Cc2cc(F)ccc2F)nc2cn[nH]c(=O)c12. The van der Waals surface area contributed by atoms with Gasteiger partial charge in [0.25, 0.3) is 0 Å². The number of ether oxygens (including phenoxy) is 1. The Bertz CT molecular complexity index is 1440. The number of rotatable bonds is 6. The first-order valence-corrected chi connectivity index (χ1v) is 13.3. The molecule has 6 nitrogen and oxygen atoms in total. The normalized spacial score (nSPS) is 14.7. The van der Waals surface area contributed by atoms with Gasteiger partial charge in [0, 0.05) is 0 Å². The van der Waals surface area contributed by atoms with E-state index in [0.717, 1.165) is 52.5 Å². The summed E-state index contributed by atoms with van der Waals surface area (Å²) in [5, 5.41) is 10.2. The minimum absolute atomic E-state index is 0.103.